The first kappa shape index (κ1) is 14.1. The Labute approximate surface area is 120 Å². The van der Waals surface area contributed by atoms with Gasteiger partial charge in [0, 0.05) is 22.6 Å². The summed E-state index contributed by atoms with van der Waals surface area (Å²) in [7, 11) is 0. The quantitative estimate of drug-likeness (QED) is 0.735. The molecule has 0 unspecified atom stereocenters. The van der Waals surface area contributed by atoms with E-state index < -0.39 is 11.7 Å². The van der Waals surface area contributed by atoms with Crippen molar-refractivity contribution in [3.8, 4) is 0 Å². The van der Waals surface area contributed by atoms with Gasteiger partial charge in [0.15, 0.2) is 0 Å². The number of rotatable bonds is 1. The van der Waals surface area contributed by atoms with Crippen molar-refractivity contribution < 1.29 is 9.53 Å². The van der Waals surface area contributed by atoms with E-state index in [-0.39, 0.29) is 4.83 Å². The molecule has 102 valence electrons. The van der Waals surface area contributed by atoms with Crippen molar-refractivity contribution in [3.05, 3.63) is 30.1 Å². The highest BCUT2D eigenvalue weighted by Gasteiger charge is 2.20. The molecule has 0 saturated carbocycles. The van der Waals surface area contributed by atoms with Gasteiger partial charge in [0.1, 0.15) is 11.2 Å². The lowest BCUT2D eigenvalue weighted by atomic mass is 10.1. The predicted octanol–water partition coefficient (Wildman–Crippen LogP) is 4.28. The SMILES string of the molecule is C[C@H](Br)c1ccnc2c1ccn2C(=O)OC(C)(C)C. The second-order valence-electron chi connectivity index (χ2n) is 5.42. The molecule has 1 atom stereocenters. The van der Waals surface area contributed by atoms with Crippen LogP contribution in [-0.2, 0) is 4.74 Å². The Morgan fingerprint density at radius 3 is 2.68 bits per heavy atom. The van der Waals surface area contributed by atoms with E-state index in [0.717, 1.165) is 10.9 Å². The molecule has 0 aliphatic rings. The van der Waals surface area contributed by atoms with Crippen molar-refractivity contribution >= 4 is 33.1 Å². The maximum absolute atomic E-state index is 12.1. The number of hydrogen-bond donors (Lipinski definition) is 0. The van der Waals surface area contributed by atoms with Gasteiger partial charge < -0.3 is 4.74 Å². The van der Waals surface area contributed by atoms with Crippen LogP contribution in [0.4, 0.5) is 4.79 Å². The van der Waals surface area contributed by atoms with Gasteiger partial charge in [0.25, 0.3) is 0 Å². The van der Waals surface area contributed by atoms with E-state index in [2.05, 4.69) is 20.9 Å². The van der Waals surface area contributed by atoms with Crippen molar-refractivity contribution in [2.24, 2.45) is 0 Å². The predicted molar refractivity (Wildman–Crippen MR) is 78.7 cm³/mol. The molecule has 2 rings (SSSR count). The van der Waals surface area contributed by atoms with Crippen molar-refractivity contribution in [2.75, 3.05) is 0 Å². The zero-order chi connectivity index (χ0) is 14.2. The highest BCUT2D eigenvalue weighted by atomic mass is 79.9. The lowest BCUT2D eigenvalue weighted by molar-refractivity contribution is 0.0543. The molecular formula is C14H17BrN2O2. The van der Waals surface area contributed by atoms with Crippen LogP contribution >= 0.6 is 15.9 Å². The average molecular weight is 325 g/mol. The summed E-state index contributed by atoms with van der Waals surface area (Å²) in [6.07, 6.45) is 3.00. The third-order valence-corrected chi connectivity index (χ3v) is 3.13. The highest BCUT2D eigenvalue weighted by Crippen LogP contribution is 2.29. The number of carbonyl (C=O) groups excluding carboxylic acids is 1. The molecule has 2 aromatic heterocycles. The minimum absolute atomic E-state index is 0.201. The van der Waals surface area contributed by atoms with Crippen LogP contribution in [0.3, 0.4) is 0 Å². The van der Waals surface area contributed by atoms with Gasteiger partial charge in [-0.1, -0.05) is 15.9 Å². The van der Waals surface area contributed by atoms with E-state index in [1.165, 1.54) is 4.57 Å². The van der Waals surface area contributed by atoms with Gasteiger partial charge in [-0.3, -0.25) is 0 Å². The standard InChI is InChI=1S/C14H17BrN2O2/c1-9(15)10-5-7-16-12-11(10)6-8-17(12)13(18)19-14(2,3)4/h5-9H,1-4H3/t9-/m0/s1. The molecule has 0 aliphatic carbocycles. The molecule has 0 spiro atoms. The maximum atomic E-state index is 12.1. The Morgan fingerprint density at radius 1 is 1.42 bits per heavy atom. The lowest BCUT2D eigenvalue weighted by Gasteiger charge is -2.19. The number of aromatic nitrogens is 2. The Balaban J connectivity index is 2.47. The summed E-state index contributed by atoms with van der Waals surface area (Å²) < 4.78 is 6.81. The summed E-state index contributed by atoms with van der Waals surface area (Å²) in [5.74, 6) is 0. The smallest absolute Gasteiger partial charge is 0.420 e. The molecule has 0 bridgehead atoms. The maximum Gasteiger partial charge on any atom is 0.420 e. The highest BCUT2D eigenvalue weighted by molar-refractivity contribution is 9.09. The molecule has 2 heterocycles. The van der Waals surface area contributed by atoms with E-state index in [9.17, 15) is 4.79 Å². The van der Waals surface area contributed by atoms with Gasteiger partial charge >= 0.3 is 6.09 Å². The summed E-state index contributed by atoms with van der Waals surface area (Å²) in [6.45, 7) is 7.57. The number of nitrogens with zero attached hydrogens (tertiary/aromatic N) is 2. The topological polar surface area (TPSA) is 44.1 Å². The average Bonchev–Trinajstić information content (AvgIpc) is 2.69. The van der Waals surface area contributed by atoms with Crippen LogP contribution in [0, 0.1) is 0 Å². The van der Waals surface area contributed by atoms with Crippen molar-refractivity contribution in [1.82, 2.24) is 9.55 Å². The second kappa shape index (κ2) is 4.96. The van der Waals surface area contributed by atoms with Crippen molar-refractivity contribution in [3.63, 3.8) is 0 Å². The number of carbonyl (C=O) groups is 1. The van der Waals surface area contributed by atoms with Gasteiger partial charge in [0.2, 0.25) is 0 Å². The Kier molecular flexibility index (Phi) is 3.67. The van der Waals surface area contributed by atoms with Crippen LogP contribution in [-0.4, -0.2) is 21.2 Å². The van der Waals surface area contributed by atoms with Crippen LogP contribution < -0.4 is 0 Å². The molecular weight excluding hydrogens is 308 g/mol. The number of pyridine rings is 1. The second-order valence-corrected chi connectivity index (χ2v) is 6.79. The van der Waals surface area contributed by atoms with E-state index in [1.807, 2.05) is 39.8 Å². The summed E-state index contributed by atoms with van der Waals surface area (Å²) in [5.41, 5.74) is 1.21. The van der Waals surface area contributed by atoms with E-state index in [1.54, 1.807) is 12.4 Å². The normalized spacial score (nSPS) is 13.5. The van der Waals surface area contributed by atoms with E-state index >= 15 is 0 Å². The van der Waals surface area contributed by atoms with Crippen LogP contribution in [0.15, 0.2) is 24.5 Å². The summed E-state index contributed by atoms with van der Waals surface area (Å²) in [5, 5.41) is 0.956. The fourth-order valence-electron chi connectivity index (χ4n) is 1.86. The fourth-order valence-corrected chi connectivity index (χ4v) is 2.26. The molecule has 4 nitrogen and oxygen atoms in total. The number of fused-ring (bicyclic) bond motifs is 1. The van der Waals surface area contributed by atoms with Gasteiger partial charge in [0.05, 0.1) is 0 Å². The molecule has 0 radical (unpaired) electrons. The van der Waals surface area contributed by atoms with Crippen molar-refractivity contribution in [2.45, 2.75) is 38.1 Å². The molecule has 5 heteroatoms. The lowest BCUT2D eigenvalue weighted by Crippen LogP contribution is -2.26. The summed E-state index contributed by atoms with van der Waals surface area (Å²) in [6, 6.07) is 3.83. The minimum Gasteiger partial charge on any atom is -0.443 e. The first-order valence-electron chi connectivity index (χ1n) is 6.13. The number of halogens is 1. The van der Waals surface area contributed by atoms with Gasteiger partial charge in [-0.2, -0.15) is 0 Å². The van der Waals surface area contributed by atoms with Crippen LogP contribution in [0.1, 0.15) is 38.1 Å². The third kappa shape index (κ3) is 2.97. The first-order valence-corrected chi connectivity index (χ1v) is 7.04. The molecule has 0 N–H and O–H groups in total. The number of ether oxygens (including phenoxy) is 1. The van der Waals surface area contributed by atoms with Crippen LogP contribution in [0.2, 0.25) is 0 Å². The Bertz CT molecular complexity index is 611. The van der Waals surface area contributed by atoms with Crippen molar-refractivity contribution in [1.29, 1.82) is 0 Å². The monoisotopic (exact) mass is 324 g/mol. The summed E-state index contributed by atoms with van der Waals surface area (Å²) in [4.78, 5) is 16.6. The van der Waals surface area contributed by atoms with Gasteiger partial charge in [-0.15, -0.1) is 0 Å². The molecule has 0 fully saturated rings. The minimum atomic E-state index is -0.520. The van der Waals surface area contributed by atoms with Crippen LogP contribution in [0.25, 0.3) is 11.0 Å². The Hall–Kier alpha value is -1.36. The molecule has 0 aromatic carbocycles. The van der Waals surface area contributed by atoms with E-state index in [4.69, 9.17) is 4.74 Å². The molecule has 0 aliphatic heterocycles. The van der Waals surface area contributed by atoms with E-state index in [0.29, 0.717) is 5.65 Å². The first-order chi connectivity index (χ1) is 8.79. The molecule has 19 heavy (non-hydrogen) atoms. The fraction of sp³-hybridized carbons (Fsp3) is 0.429. The molecule has 0 saturated heterocycles. The molecule has 0 amide bonds. The van der Waals surface area contributed by atoms with Gasteiger partial charge in [-0.25, -0.2) is 14.3 Å². The zero-order valence-electron chi connectivity index (χ0n) is 11.5. The number of hydrogen-bond acceptors (Lipinski definition) is 3. The van der Waals surface area contributed by atoms with Crippen LogP contribution in [0.5, 0.6) is 0 Å². The Morgan fingerprint density at radius 2 is 2.11 bits per heavy atom. The zero-order valence-corrected chi connectivity index (χ0v) is 13.1. The third-order valence-electron chi connectivity index (χ3n) is 2.64. The largest absolute Gasteiger partial charge is 0.443 e. The molecule has 2 aromatic rings. The van der Waals surface area contributed by atoms with Gasteiger partial charge in [-0.05, 0) is 45.4 Å². The summed E-state index contributed by atoms with van der Waals surface area (Å²) >= 11 is 3.55. The number of alkyl halides is 1.